The number of likely N-dealkylation sites (N-methyl/N-ethyl adjacent to an activating group) is 1. The Bertz CT molecular complexity index is 1160. The third-order valence-corrected chi connectivity index (χ3v) is 6.30. The van der Waals surface area contributed by atoms with Gasteiger partial charge in [0, 0.05) is 42.6 Å². The minimum Gasteiger partial charge on any atom is -0.452 e. The predicted molar refractivity (Wildman–Crippen MR) is 121 cm³/mol. The van der Waals surface area contributed by atoms with Crippen molar-refractivity contribution in [1.29, 1.82) is 0 Å². The summed E-state index contributed by atoms with van der Waals surface area (Å²) in [7, 11) is 1.56. The molecule has 4 rings (SSSR count). The molecule has 2 heterocycles. The van der Waals surface area contributed by atoms with Gasteiger partial charge in [-0.05, 0) is 43.5 Å². The van der Waals surface area contributed by atoms with Crippen molar-refractivity contribution in [3.63, 3.8) is 0 Å². The first kappa shape index (κ1) is 22.7. The molecule has 0 spiro atoms. The third-order valence-electron chi connectivity index (χ3n) is 5.97. The Labute approximate surface area is 196 Å². The van der Waals surface area contributed by atoms with Crippen molar-refractivity contribution in [2.75, 3.05) is 13.7 Å². The van der Waals surface area contributed by atoms with Gasteiger partial charge in [-0.3, -0.25) is 9.59 Å². The van der Waals surface area contributed by atoms with Crippen molar-refractivity contribution in [1.82, 2.24) is 19.7 Å². The van der Waals surface area contributed by atoms with Gasteiger partial charge in [-0.2, -0.15) is 5.10 Å². The van der Waals surface area contributed by atoms with Crippen LogP contribution in [0.1, 0.15) is 41.6 Å². The number of nitrogens with zero attached hydrogens (tertiary/aromatic N) is 4. The Balaban J connectivity index is 1.48. The number of amides is 1. The van der Waals surface area contributed by atoms with Crippen LogP contribution in [0.3, 0.4) is 0 Å². The maximum Gasteiger partial charge on any atom is 0.340 e. The Kier molecular flexibility index (Phi) is 6.55. The van der Waals surface area contributed by atoms with E-state index in [0.29, 0.717) is 29.2 Å². The number of halogens is 1. The summed E-state index contributed by atoms with van der Waals surface area (Å²) in [5, 5.41) is 4.50. The van der Waals surface area contributed by atoms with Gasteiger partial charge >= 0.3 is 5.97 Å². The van der Waals surface area contributed by atoms with Crippen molar-refractivity contribution in [2.24, 2.45) is 0 Å². The first-order valence-electron chi connectivity index (χ1n) is 10.6. The SMILES string of the molecule is CN(C(=O)COC(=O)c1ccc(-n2cccn2)nc1)C1(c2ccccc2Cl)CCCCC1=O. The van der Waals surface area contributed by atoms with Gasteiger partial charge in [-0.1, -0.05) is 29.8 Å². The van der Waals surface area contributed by atoms with Gasteiger partial charge in [0.25, 0.3) is 5.91 Å². The van der Waals surface area contributed by atoms with E-state index in [1.165, 1.54) is 11.1 Å². The number of carbonyl (C=O) groups excluding carboxylic acids is 3. The lowest BCUT2D eigenvalue weighted by molar-refractivity contribution is -0.150. The van der Waals surface area contributed by atoms with Crippen molar-refractivity contribution in [3.8, 4) is 5.82 Å². The number of hydrogen-bond donors (Lipinski definition) is 0. The van der Waals surface area contributed by atoms with E-state index in [0.717, 1.165) is 12.8 Å². The van der Waals surface area contributed by atoms with E-state index in [1.54, 1.807) is 66.6 Å². The molecule has 2 aromatic heterocycles. The summed E-state index contributed by atoms with van der Waals surface area (Å²) >= 11 is 6.43. The molecule has 1 atom stereocenters. The first-order valence-corrected chi connectivity index (χ1v) is 11.0. The van der Waals surface area contributed by atoms with Gasteiger partial charge in [0.15, 0.2) is 18.2 Å². The Morgan fingerprint density at radius 3 is 2.67 bits per heavy atom. The van der Waals surface area contributed by atoms with Crippen molar-refractivity contribution in [3.05, 3.63) is 77.2 Å². The number of benzene rings is 1. The summed E-state index contributed by atoms with van der Waals surface area (Å²) in [4.78, 5) is 44.2. The molecular weight excluding hydrogens is 444 g/mol. The number of carbonyl (C=O) groups is 3. The van der Waals surface area contributed by atoms with Crippen LogP contribution in [-0.4, -0.2) is 51.0 Å². The third kappa shape index (κ3) is 4.39. The Hall–Kier alpha value is -3.52. The molecule has 1 aliphatic carbocycles. The van der Waals surface area contributed by atoms with Crippen LogP contribution in [0.4, 0.5) is 0 Å². The summed E-state index contributed by atoms with van der Waals surface area (Å²) in [5.41, 5.74) is -0.375. The normalized spacial score (nSPS) is 18.1. The maximum atomic E-state index is 13.1. The van der Waals surface area contributed by atoms with Gasteiger partial charge in [-0.15, -0.1) is 0 Å². The highest BCUT2D eigenvalue weighted by Gasteiger charge is 2.48. The van der Waals surface area contributed by atoms with E-state index in [2.05, 4.69) is 10.1 Å². The molecule has 1 saturated carbocycles. The standard InChI is InChI=1S/C24H23ClN4O4/c1-28(24(12-5-4-9-20(24)30)18-7-2-3-8-19(18)25)22(31)16-33-23(32)17-10-11-21(26-15-17)29-14-6-13-27-29/h2-3,6-8,10-11,13-15H,4-5,9,12,16H2,1H3. The number of Topliss-reactive ketones (excluding diaryl/α,β-unsaturated/α-hetero) is 1. The fraction of sp³-hybridized carbons (Fsp3) is 0.292. The highest BCUT2D eigenvalue weighted by molar-refractivity contribution is 6.31. The quantitative estimate of drug-likeness (QED) is 0.515. The van der Waals surface area contributed by atoms with Crippen LogP contribution in [0.15, 0.2) is 61.1 Å². The number of rotatable bonds is 6. The Morgan fingerprint density at radius 1 is 1.18 bits per heavy atom. The largest absolute Gasteiger partial charge is 0.452 e. The van der Waals surface area contributed by atoms with Crippen molar-refractivity contribution < 1.29 is 19.1 Å². The zero-order valence-electron chi connectivity index (χ0n) is 18.1. The van der Waals surface area contributed by atoms with E-state index >= 15 is 0 Å². The van der Waals surface area contributed by atoms with E-state index in [4.69, 9.17) is 16.3 Å². The number of esters is 1. The van der Waals surface area contributed by atoms with E-state index in [1.807, 2.05) is 0 Å². The molecule has 170 valence electrons. The van der Waals surface area contributed by atoms with Crippen LogP contribution >= 0.6 is 11.6 Å². The van der Waals surface area contributed by atoms with E-state index < -0.39 is 24.0 Å². The molecule has 1 fully saturated rings. The number of hydrogen-bond acceptors (Lipinski definition) is 6. The minimum absolute atomic E-state index is 0.0672. The van der Waals surface area contributed by atoms with Crippen LogP contribution in [0, 0.1) is 0 Å². The molecule has 1 aliphatic rings. The van der Waals surface area contributed by atoms with Gasteiger partial charge in [0.1, 0.15) is 5.54 Å². The molecule has 0 saturated heterocycles. The molecule has 33 heavy (non-hydrogen) atoms. The van der Waals surface area contributed by atoms with Crippen LogP contribution in [0.25, 0.3) is 5.82 Å². The molecule has 9 heteroatoms. The van der Waals surface area contributed by atoms with Crippen LogP contribution in [-0.2, 0) is 19.9 Å². The van der Waals surface area contributed by atoms with Gasteiger partial charge in [0.05, 0.1) is 5.56 Å². The molecule has 0 aliphatic heterocycles. The predicted octanol–water partition coefficient (Wildman–Crippen LogP) is 3.57. The second kappa shape index (κ2) is 9.54. The van der Waals surface area contributed by atoms with E-state index in [-0.39, 0.29) is 11.3 Å². The minimum atomic E-state index is -1.17. The molecule has 3 aromatic rings. The zero-order chi connectivity index (χ0) is 23.4. The fourth-order valence-corrected chi connectivity index (χ4v) is 4.49. The van der Waals surface area contributed by atoms with Gasteiger partial charge < -0.3 is 9.64 Å². The summed E-state index contributed by atoms with van der Waals surface area (Å²) in [6.07, 6.45) is 7.09. The average molecular weight is 467 g/mol. The molecule has 0 bridgehead atoms. The highest BCUT2D eigenvalue weighted by atomic mass is 35.5. The maximum absolute atomic E-state index is 13.1. The number of pyridine rings is 1. The Morgan fingerprint density at radius 2 is 2.00 bits per heavy atom. The number of ether oxygens (including phenoxy) is 1. The summed E-state index contributed by atoms with van der Waals surface area (Å²) in [6, 6.07) is 12.0. The van der Waals surface area contributed by atoms with Crippen LogP contribution in [0.5, 0.6) is 0 Å². The summed E-state index contributed by atoms with van der Waals surface area (Å²) in [6.45, 7) is -0.504. The van der Waals surface area contributed by atoms with Crippen molar-refractivity contribution in [2.45, 2.75) is 31.2 Å². The number of ketones is 1. The zero-order valence-corrected chi connectivity index (χ0v) is 18.9. The molecular formula is C24H23ClN4O4. The smallest absolute Gasteiger partial charge is 0.340 e. The lowest BCUT2D eigenvalue weighted by Gasteiger charge is -2.43. The molecule has 0 radical (unpaired) electrons. The molecule has 1 unspecified atom stereocenters. The average Bonchev–Trinajstić information content (AvgIpc) is 3.38. The number of aromatic nitrogens is 3. The monoisotopic (exact) mass is 466 g/mol. The summed E-state index contributed by atoms with van der Waals surface area (Å²) < 4.78 is 6.80. The summed E-state index contributed by atoms with van der Waals surface area (Å²) in [5.74, 6) is -0.690. The van der Waals surface area contributed by atoms with Crippen LogP contribution < -0.4 is 0 Å². The fourth-order valence-electron chi connectivity index (χ4n) is 4.20. The van der Waals surface area contributed by atoms with Gasteiger partial charge in [0.2, 0.25) is 0 Å². The second-order valence-electron chi connectivity index (χ2n) is 7.85. The molecule has 8 nitrogen and oxygen atoms in total. The lowest BCUT2D eigenvalue weighted by Crippen LogP contribution is -2.55. The molecule has 1 amide bonds. The second-order valence-corrected chi connectivity index (χ2v) is 8.26. The molecule has 1 aromatic carbocycles. The topological polar surface area (TPSA) is 94.4 Å². The van der Waals surface area contributed by atoms with Crippen LogP contribution in [0.2, 0.25) is 5.02 Å². The molecule has 0 N–H and O–H groups in total. The van der Waals surface area contributed by atoms with Gasteiger partial charge in [-0.25, -0.2) is 14.5 Å². The first-order chi connectivity index (χ1) is 15.9. The van der Waals surface area contributed by atoms with Crippen molar-refractivity contribution >= 4 is 29.3 Å². The highest BCUT2D eigenvalue weighted by Crippen LogP contribution is 2.42. The van der Waals surface area contributed by atoms with E-state index in [9.17, 15) is 14.4 Å². The lowest BCUT2D eigenvalue weighted by atomic mass is 9.74.